The molecule has 0 aliphatic rings. The van der Waals surface area contributed by atoms with Crippen molar-refractivity contribution in [3.05, 3.63) is 53.8 Å². The number of fused-ring (bicyclic) bond motifs is 1. The molecule has 0 unspecified atom stereocenters. The van der Waals surface area contributed by atoms with E-state index in [0.29, 0.717) is 0 Å². The Balaban J connectivity index is 2.07. The predicted octanol–water partition coefficient (Wildman–Crippen LogP) is 4.66. The number of benzene rings is 2. The van der Waals surface area contributed by atoms with Crippen molar-refractivity contribution in [1.29, 1.82) is 0 Å². The summed E-state index contributed by atoms with van der Waals surface area (Å²) in [5.41, 5.74) is 3.26. The average molecular weight is 257 g/mol. The molecule has 1 nitrogen and oxygen atoms in total. The van der Waals surface area contributed by atoms with Gasteiger partial charge in [-0.1, -0.05) is 31.2 Å². The quantitative estimate of drug-likeness (QED) is 0.650. The van der Waals surface area contributed by atoms with Gasteiger partial charge in [0.2, 0.25) is 0 Å². The van der Waals surface area contributed by atoms with Crippen LogP contribution in [0.15, 0.2) is 42.5 Å². The standard InChI is InChI=1S/C15H12FNS/c1-2-10-3-5-11(6-4-10)15-17-13-8-7-12(16)9-14(13)18-15/h3-9H,2H2,1H3. The minimum Gasteiger partial charge on any atom is -0.236 e. The summed E-state index contributed by atoms with van der Waals surface area (Å²) in [4.78, 5) is 4.53. The summed E-state index contributed by atoms with van der Waals surface area (Å²) in [5, 5.41) is 0.943. The summed E-state index contributed by atoms with van der Waals surface area (Å²) >= 11 is 1.53. The van der Waals surface area contributed by atoms with E-state index in [0.717, 1.165) is 27.2 Å². The second-order valence-corrected chi connectivity index (χ2v) is 5.21. The molecule has 0 amide bonds. The third-order valence-corrected chi connectivity index (χ3v) is 4.03. The van der Waals surface area contributed by atoms with Crippen molar-refractivity contribution >= 4 is 21.6 Å². The lowest BCUT2D eigenvalue weighted by Gasteiger charge is -1.98. The Labute approximate surface area is 109 Å². The zero-order chi connectivity index (χ0) is 12.5. The summed E-state index contributed by atoms with van der Waals surface area (Å²) in [5.74, 6) is -0.209. The number of aromatic nitrogens is 1. The average Bonchev–Trinajstić information content (AvgIpc) is 2.81. The van der Waals surface area contributed by atoms with Crippen LogP contribution in [0.2, 0.25) is 0 Å². The van der Waals surface area contributed by atoms with Crippen LogP contribution < -0.4 is 0 Å². The Kier molecular flexibility index (Phi) is 2.84. The molecule has 1 aromatic heterocycles. The van der Waals surface area contributed by atoms with Crippen LogP contribution >= 0.6 is 11.3 Å². The SMILES string of the molecule is CCc1ccc(-c2nc3ccc(F)cc3s2)cc1. The van der Waals surface area contributed by atoms with Crippen LogP contribution in [0.4, 0.5) is 4.39 Å². The van der Waals surface area contributed by atoms with Gasteiger partial charge in [0, 0.05) is 5.56 Å². The van der Waals surface area contributed by atoms with E-state index in [2.05, 4.69) is 36.2 Å². The van der Waals surface area contributed by atoms with Crippen LogP contribution in [0.25, 0.3) is 20.8 Å². The summed E-state index contributed by atoms with van der Waals surface area (Å²) in [6.07, 6.45) is 1.03. The molecule has 3 heteroatoms. The number of hydrogen-bond acceptors (Lipinski definition) is 2. The molecule has 0 bridgehead atoms. The number of halogens is 1. The molecule has 0 fully saturated rings. The smallest absolute Gasteiger partial charge is 0.124 e. The van der Waals surface area contributed by atoms with Crippen LogP contribution in [-0.4, -0.2) is 4.98 Å². The van der Waals surface area contributed by atoms with Crippen molar-refractivity contribution in [3.63, 3.8) is 0 Å². The molecule has 0 saturated carbocycles. The van der Waals surface area contributed by atoms with E-state index in [1.807, 2.05) is 0 Å². The van der Waals surface area contributed by atoms with Crippen molar-refractivity contribution < 1.29 is 4.39 Å². The maximum atomic E-state index is 13.1. The second-order valence-electron chi connectivity index (χ2n) is 4.18. The topological polar surface area (TPSA) is 12.9 Å². The third-order valence-electron chi connectivity index (χ3n) is 2.96. The van der Waals surface area contributed by atoms with Crippen molar-refractivity contribution in [3.8, 4) is 10.6 Å². The highest BCUT2D eigenvalue weighted by Gasteiger charge is 2.06. The number of nitrogens with zero attached hydrogens (tertiary/aromatic N) is 1. The highest BCUT2D eigenvalue weighted by atomic mass is 32.1. The molecule has 3 rings (SSSR count). The number of thiazole rings is 1. The summed E-state index contributed by atoms with van der Waals surface area (Å²) in [6.45, 7) is 2.13. The Hall–Kier alpha value is -1.74. The van der Waals surface area contributed by atoms with Gasteiger partial charge >= 0.3 is 0 Å². The van der Waals surface area contributed by atoms with E-state index < -0.39 is 0 Å². The van der Waals surface area contributed by atoms with Crippen LogP contribution in [0.5, 0.6) is 0 Å². The van der Waals surface area contributed by atoms with Gasteiger partial charge in [0.15, 0.2) is 0 Å². The van der Waals surface area contributed by atoms with Crippen LogP contribution in [0.3, 0.4) is 0 Å². The molecular weight excluding hydrogens is 245 g/mol. The fourth-order valence-electron chi connectivity index (χ4n) is 1.90. The first-order valence-corrected chi connectivity index (χ1v) is 6.73. The van der Waals surface area contributed by atoms with Gasteiger partial charge in [-0.2, -0.15) is 0 Å². The lowest BCUT2D eigenvalue weighted by molar-refractivity contribution is 0.630. The van der Waals surface area contributed by atoms with Gasteiger partial charge < -0.3 is 0 Å². The molecule has 0 saturated heterocycles. The van der Waals surface area contributed by atoms with Gasteiger partial charge in [-0.3, -0.25) is 0 Å². The lowest BCUT2D eigenvalue weighted by atomic mass is 10.1. The first-order valence-electron chi connectivity index (χ1n) is 5.91. The molecule has 90 valence electrons. The summed E-state index contributed by atoms with van der Waals surface area (Å²) < 4.78 is 14.0. The molecule has 0 radical (unpaired) electrons. The van der Waals surface area contributed by atoms with Gasteiger partial charge in [-0.15, -0.1) is 11.3 Å². The molecule has 1 heterocycles. The maximum Gasteiger partial charge on any atom is 0.124 e. The maximum absolute atomic E-state index is 13.1. The predicted molar refractivity (Wildman–Crippen MR) is 74.4 cm³/mol. The largest absolute Gasteiger partial charge is 0.236 e. The monoisotopic (exact) mass is 257 g/mol. The van der Waals surface area contributed by atoms with Gasteiger partial charge in [0.1, 0.15) is 10.8 Å². The van der Waals surface area contributed by atoms with Crippen LogP contribution in [0.1, 0.15) is 12.5 Å². The zero-order valence-electron chi connectivity index (χ0n) is 9.98. The van der Waals surface area contributed by atoms with Crippen molar-refractivity contribution in [2.24, 2.45) is 0 Å². The molecular formula is C15H12FNS. The summed E-state index contributed by atoms with van der Waals surface area (Å²) in [6, 6.07) is 13.1. The summed E-state index contributed by atoms with van der Waals surface area (Å²) in [7, 11) is 0. The van der Waals surface area contributed by atoms with Crippen molar-refractivity contribution in [2.45, 2.75) is 13.3 Å². The normalized spacial score (nSPS) is 11.0. The van der Waals surface area contributed by atoms with Gasteiger partial charge in [0.05, 0.1) is 10.2 Å². The fourth-order valence-corrected chi connectivity index (χ4v) is 2.90. The highest BCUT2D eigenvalue weighted by Crippen LogP contribution is 2.30. The third kappa shape index (κ3) is 2.02. The number of hydrogen-bond donors (Lipinski definition) is 0. The van der Waals surface area contributed by atoms with Gasteiger partial charge in [-0.25, -0.2) is 9.37 Å². The fraction of sp³-hybridized carbons (Fsp3) is 0.133. The minimum atomic E-state index is -0.209. The van der Waals surface area contributed by atoms with Crippen LogP contribution in [0, 0.1) is 5.82 Å². The van der Waals surface area contributed by atoms with Gasteiger partial charge in [-0.05, 0) is 30.2 Å². The first kappa shape index (κ1) is 11.4. The molecule has 3 aromatic rings. The van der Waals surface area contributed by atoms with E-state index >= 15 is 0 Å². The van der Waals surface area contributed by atoms with E-state index in [-0.39, 0.29) is 5.82 Å². The molecule has 0 spiro atoms. The molecule has 0 aliphatic heterocycles. The number of rotatable bonds is 2. The molecule has 0 atom stereocenters. The van der Waals surface area contributed by atoms with Crippen LogP contribution in [-0.2, 0) is 6.42 Å². The highest BCUT2D eigenvalue weighted by molar-refractivity contribution is 7.21. The Morgan fingerprint density at radius 3 is 2.61 bits per heavy atom. The lowest BCUT2D eigenvalue weighted by Crippen LogP contribution is -1.80. The van der Waals surface area contributed by atoms with E-state index in [4.69, 9.17) is 0 Å². The van der Waals surface area contributed by atoms with Crippen molar-refractivity contribution in [1.82, 2.24) is 4.98 Å². The molecule has 2 aromatic carbocycles. The molecule has 0 aliphatic carbocycles. The van der Waals surface area contributed by atoms with E-state index in [1.165, 1.54) is 29.0 Å². The van der Waals surface area contributed by atoms with E-state index in [9.17, 15) is 4.39 Å². The minimum absolute atomic E-state index is 0.209. The number of aryl methyl sites for hydroxylation is 1. The molecule has 18 heavy (non-hydrogen) atoms. The second kappa shape index (κ2) is 4.50. The Morgan fingerprint density at radius 2 is 1.89 bits per heavy atom. The molecule has 0 N–H and O–H groups in total. The Morgan fingerprint density at radius 1 is 1.11 bits per heavy atom. The van der Waals surface area contributed by atoms with Gasteiger partial charge in [0.25, 0.3) is 0 Å². The van der Waals surface area contributed by atoms with Crippen molar-refractivity contribution in [2.75, 3.05) is 0 Å². The first-order chi connectivity index (χ1) is 8.76. The zero-order valence-corrected chi connectivity index (χ0v) is 10.8. The Bertz CT molecular complexity index is 685. The van der Waals surface area contributed by atoms with E-state index in [1.54, 1.807) is 6.07 Å².